The molecule has 0 aliphatic rings. The Labute approximate surface area is 283 Å². The van der Waals surface area contributed by atoms with Crippen molar-refractivity contribution < 1.29 is 19.4 Å². The predicted molar refractivity (Wildman–Crippen MR) is 191 cm³/mol. The number of hydrogen-bond acceptors (Lipinski definition) is 4. The molecular weight excluding hydrogens is 596 g/mol. The summed E-state index contributed by atoms with van der Waals surface area (Å²) in [5.74, 6) is -0.729. The highest BCUT2D eigenvalue weighted by atomic mass is 16.5. The SMILES string of the molecule is CC(C)(C)N(C(=O)[C@@H](Cc1ccccc1)N=C(c1ccccc1)c1ccccc1)C(Cc1ccc(OCc2ccccc2)cc1)C(=O)O. The van der Waals surface area contributed by atoms with Crippen molar-refractivity contribution in [1.29, 1.82) is 0 Å². The molecule has 5 aromatic rings. The molecule has 244 valence electrons. The van der Waals surface area contributed by atoms with E-state index in [1.54, 1.807) is 0 Å². The zero-order chi connectivity index (χ0) is 33.9. The minimum atomic E-state index is -1.13. The lowest BCUT2D eigenvalue weighted by Crippen LogP contribution is -2.58. The molecule has 0 saturated carbocycles. The third kappa shape index (κ3) is 9.07. The van der Waals surface area contributed by atoms with Gasteiger partial charge in [-0.15, -0.1) is 0 Å². The second-order valence-electron chi connectivity index (χ2n) is 12.8. The topological polar surface area (TPSA) is 79.2 Å². The van der Waals surface area contributed by atoms with E-state index in [1.807, 2.05) is 166 Å². The number of nitrogens with zero attached hydrogens (tertiary/aromatic N) is 2. The summed E-state index contributed by atoms with van der Waals surface area (Å²) in [5, 5.41) is 10.6. The fraction of sp³-hybridized carbons (Fsp3) is 0.214. The van der Waals surface area contributed by atoms with Crippen LogP contribution in [0.15, 0.2) is 151 Å². The minimum absolute atomic E-state index is 0.128. The second kappa shape index (κ2) is 15.9. The van der Waals surface area contributed by atoms with Gasteiger partial charge in [-0.1, -0.05) is 133 Å². The van der Waals surface area contributed by atoms with E-state index in [0.29, 0.717) is 24.5 Å². The van der Waals surface area contributed by atoms with Crippen molar-refractivity contribution in [3.8, 4) is 5.75 Å². The van der Waals surface area contributed by atoms with Crippen LogP contribution in [0, 0.1) is 0 Å². The molecule has 0 aliphatic carbocycles. The maximum atomic E-state index is 14.8. The number of rotatable bonds is 13. The van der Waals surface area contributed by atoms with Gasteiger partial charge < -0.3 is 14.7 Å². The van der Waals surface area contributed by atoms with Crippen molar-refractivity contribution in [1.82, 2.24) is 4.90 Å². The number of carbonyl (C=O) groups excluding carboxylic acids is 1. The molecule has 48 heavy (non-hydrogen) atoms. The van der Waals surface area contributed by atoms with Crippen LogP contribution in [0.2, 0.25) is 0 Å². The van der Waals surface area contributed by atoms with Crippen LogP contribution in [-0.4, -0.2) is 45.2 Å². The van der Waals surface area contributed by atoms with Crippen LogP contribution in [0.4, 0.5) is 0 Å². The minimum Gasteiger partial charge on any atom is -0.489 e. The lowest BCUT2D eigenvalue weighted by atomic mass is 9.94. The van der Waals surface area contributed by atoms with Gasteiger partial charge in [0.1, 0.15) is 24.4 Å². The van der Waals surface area contributed by atoms with E-state index in [-0.39, 0.29) is 12.3 Å². The summed E-state index contributed by atoms with van der Waals surface area (Å²) < 4.78 is 5.94. The molecule has 0 aliphatic heterocycles. The Balaban J connectivity index is 1.49. The molecule has 1 amide bonds. The summed E-state index contributed by atoms with van der Waals surface area (Å²) in [5.41, 5.74) is 4.39. The first kappa shape index (κ1) is 33.9. The maximum Gasteiger partial charge on any atom is 0.326 e. The van der Waals surface area contributed by atoms with Gasteiger partial charge in [-0.05, 0) is 49.6 Å². The monoisotopic (exact) mass is 638 g/mol. The van der Waals surface area contributed by atoms with E-state index in [4.69, 9.17) is 9.73 Å². The number of amides is 1. The molecule has 0 heterocycles. The van der Waals surface area contributed by atoms with E-state index < -0.39 is 23.6 Å². The summed E-state index contributed by atoms with van der Waals surface area (Å²) in [6, 6.07) is 44.6. The lowest BCUT2D eigenvalue weighted by molar-refractivity contribution is -0.155. The van der Waals surface area contributed by atoms with Gasteiger partial charge in [0, 0.05) is 29.5 Å². The summed E-state index contributed by atoms with van der Waals surface area (Å²) in [4.78, 5) is 34.5. The van der Waals surface area contributed by atoms with E-state index in [9.17, 15) is 14.7 Å². The number of aliphatic carboxylic acids is 1. The van der Waals surface area contributed by atoms with Crippen LogP contribution in [0.5, 0.6) is 5.75 Å². The zero-order valence-electron chi connectivity index (χ0n) is 27.7. The highest BCUT2D eigenvalue weighted by Crippen LogP contribution is 2.26. The van der Waals surface area contributed by atoms with Crippen LogP contribution < -0.4 is 4.74 Å². The molecule has 6 nitrogen and oxygen atoms in total. The van der Waals surface area contributed by atoms with Crippen LogP contribution >= 0.6 is 0 Å². The summed E-state index contributed by atoms with van der Waals surface area (Å²) in [7, 11) is 0. The number of hydrogen-bond donors (Lipinski definition) is 1. The Morgan fingerprint density at radius 3 is 1.58 bits per heavy atom. The first-order chi connectivity index (χ1) is 23.2. The second-order valence-corrected chi connectivity index (χ2v) is 12.8. The Morgan fingerprint density at radius 1 is 0.646 bits per heavy atom. The first-order valence-corrected chi connectivity index (χ1v) is 16.2. The average Bonchev–Trinajstić information content (AvgIpc) is 3.10. The van der Waals surface area contributed by atoms with E-state index in [0.717, 1.165) is 27.8 Å². The summed E-state index contributed by atoms with van der Waals surface area (Å²) in [6.45, 7) is 6.06. The van der Waals surface area contributed by atoms with Gasteiger partial charge in [-0.25, -0.2) is 4.79 Å². The predicted octanol–water partition coefficient (Wildman–Crippen LogP) is 8.04. The third-order valence-corrected chi connectivity index (χ3v) is 8.09. The van der Waals surface area contributed by atoms with Gasteiger partial charge in [0.15, 0.2) is 0 Å². The Bertz CT molecular complexity index is 1740. The fourth-order valence-corrected chi connectivity index (χ4v) is 5.78. The number of carbonyl (C=O) groups is 2. The molecule has 0 bridgehead atoms. The van der Waals surface area contributed by atoms with Crippen molar-refractivity contribution in [2.45, 2.75) is 57.8 Å². The third-order valence-electron chi connectivity index (χ3n) is 8.09. The normalized spacial score (nSPS) is 12.4. The Kier molecular flexibility index (Phi) is 11.2. The fourth-order valence-electron chi connectivity index (χ4n) is 5.78. The molecule has 5 aromatic carbocycles. The number of aliphatic imine (C=N–C) groups is 1. The molecule has 2 atom stereocenters. The van der Waals surface area contributed by atoms with Crippen LogP contribution in [0.3, 0.4) is 0 Å². The largest absolute Gasteiger partial charge is 0.489 e. The smallest absolute Gasteiger partial charge is 0.326 e. The summed E-state index contributed by atoms with van der Waals surface area (Å²) >= 11 is 0. The van der Waals surface area contributed by atoms with Gasteiger partial charge in [-0.3, -0.25) is 9.79 Å². The van der Waals surface area contributed by atoms with Crippen molar-refractivity contribution >= 4 is 17.6 Å². The molecule has 5 rings (SSSR count). The zero-order valence-corrected chi connectivity index (χ0v) is 27.7. The number of ether oxygens (including phenoxy) is 1. The number of carboxylic acids is 1. The molecule has 0 saturated heterocycles. The molecule has 0 fully saturated rings. The molecule has 0 radical (unpaired) electrons. The van der Waals surface area contributed by atoms with Gasteiger partial charge in [-0.2, -0.15) is 0 Å². The highest BCUT2D eigenvalue weighted by molar-refractivity contribution is 6.13. The van der Waals surface area contributed by atoms with E-state index >= 15 is 0 Å². The number of benzene rings is 5. The molecule has 1 unspecified atom stereocenters. The van der Waals surface area contributed by atoms with Crippen LogP contribution in [0.1, 0.15) is 48.6 Å². The standard InChI is InChI=1S/C42H42N2O4/c1-42(2,3)44(38(41(46)47)29-32-24-26-36(27-25-32)48-30-33-18-10-5-11-19-33)40(45)37(28-31-16-8-4-9-17-31)43-39(34-20-12-6-13-21-34)35-22-14-7-15-23-35/h4-27,37-38H,28-30H2,1-3H3,(H,46,47)/t37-,38?/m1/s1. The number of carboxylic acid groups (broad SMARTS) is 1. The van der Waals surface area contributed by atoms with Crippen molar-refractivity contribution in [2.75, 3.05) is 0 Å². The van der Waals surface area contributed by atoms with Crippen LogP contribution in [0.25, 0.3) is 0 Å². The van der Waals surface area contributed by atoms with Crippen LogP contribution in [-0.2, 0) is 29.0 Å². The van der Waals surface area contributed by atoms with E-state index in [1.165, 1.54) is 4.90 Å². The molecule has 1 N–H and O–H groups in total. The first-order valence-electron chi connectivity index (χ1n) is 16.2. The highest BCUT2D eigenvalue weighted by Gasteiger charge is 2.40. The summed E-state index contributed by atoms with van der Waals surface area (Å²) in [6.07, 6.45) is 0.443. The molecule has 6 heteroatoms. The lowest BCUT2D eigenvalue weighted by Gasteiger charge is -2.41. The van der Waals surface area contributed by atoms with Gasteiger partial charge in [0.25, 0.3) is 0 Å². The van der Waals surface area contributed by atoms with Gasteiger partial charge in [0.2, 0.25) is 5.91 Å². The van der Waals surface area contributed by atoms with Crippen molar-refractivity contribution in [3.05, 3.63) is 173 Å². The van der Waals surface area contributed by atoms with Crippen molar-refractivity contribution in [2.24, 2.45) is 4.99 Å². The molecule has 0 spiro atoms. The van der Waals surface area contributed by atoms with E-state index in [2.05, 4.69) is 0 Å². The van der Waals surface area contributed by atoms with Crippen molar-refractivity contribution in [3.63, 3.8) is 0 Å². The van der Waals surface area contributed by atoms with Gasteiger partial charge in [0.05, 0.1) is 5.71 Å². The average molecular weight is 639 g/mol. The quantitative estimate of drug-likeness (QED) is 0.132. The van der Waals surface area contributed by atoms with Gasteiger partial charge >= 0.3 is 5.97 Å². The molecular formula is C42H42N2O4. The Morgan fingerprint density at radius 2 is 1.10 bits per heavy atom. The maximum absolute atomic E-state index is 14.8. The molecule has 0 aromatic heterocycles. The Hall–Kier alpha value is -5.49.